The van der Waals surface area contributed by atoms with Crippen LogP contribution in [0.3, 0.4) is 0 Å². The van der Waals surface area contributed by atoms with Gasteiger partial charge in [0, 0.05) is 10.0 Å². The molecule has 0 heterocycles. The highest BCUT2D eigenvalue weighted by Gasteiger charge is 1.99. The quantitative estimate of drug-likeness (QED) is 0.800. The predicted molar refractivity (Wildman–Crippen MR) is 74.3 cm³/mol. The van der Waals surface area contributed by atoms with E-state index < -0.39 is 0 Å². The molecular weight excluding hydrogens is 276 g/mol. The van der Waals surface area contributed by atoms with E-state index in [0.29, 0.717) is 6.61 Å². The van der Waals surface area contributed by atoms with Crippen LogP contribution in [0.5, 0.6) is 5.75 Å². The van der Waals surface area contributed by atoms with Crippen molar-refractivity contribution in [3.8, 4) is 5.75 Å². The van der Waals surface area contributed by atoms with Gasteiger partial charge in [-0.25, -0.2) is 0 Å². The van der Waals surface area contributed by atoms with Crippen LogP contribution in [0.4, 0.5) is 0 Å². The van der Waals surface area contributed by atoms with E-state index >= 15 is 0 Å². The Morgan fingerprint density at radius 1 is 1.00 bits per heavy atom. The van der Waals surface area contributed by atoms with E-state index in [1.54, 1.807) is 0 Å². The molecule has 88 valence electrons. The Morgan fingerprint density at radius 2 is 1.71 bits per heavy atom. The summed E-state index contributed by atoms with van der Waals surface area (Å²) in [6, 6.07) is 16.4. The monoisotopic (exact) mass is 290 g/mol. The summed E-state index contributed by atoms with van der Waals surface area (Å²) in [5.41, 5.74) is 2.49. The average Bonchev–Trinajstić information content (AvgIpc) is 2.38. The molecule has 0 unspecified atom stereocenters. The van der Waals surface area contributed by atoms with Crippen LogP contribution < -0.4 is 4.74 Å². The second-order valence-corrected chi connectivity index (χ2v) is 4.73. The molecule has 2 rings (SSSR count). The summed E-state index contributed by atoms with van der Waals surface area (Å²) in [6.45, 7) is 2.74. The zero-order valence-corrected chi connectivity index (χ0v) is 11.4. The molecule has 2 aromatic carbocycles. The van der Waals surface area contributed by atoms with Crippen LogP contribution in [0.15, 0.2) is 53.0 Å². The first-order chi connectivity index (χ1) is 8.29. The molecular formula is C15H15BrO. The molecule has 0 spiro atoms. The Kier molecular flexibility index (Phi) is 4.21. The van der Waals surface area contributed by atoms with E-state index in [0.717, 1.165) is 22.2 Å². The summed E-state index contributed by atoms with van der Waals surface area (Å²) in [7, 11) is 0. The van der Waals surface area contributed by atoms with E-state index in [4.69, 9.17) is 4.74 Å². The van der Waals surface area contributed by atoms with Gasteiger partial charge in [-0.2, -0.15) is 0 Å². The van der Waals surface area contributed by atoms with Crippen molar-refractivity contribution in [2.75, 3.05) is 0 Å². The number of ether oxygens (including phenoxy) is 1. The lowest BCUT2D eigenvalue weighted by Gasteiger charge is -2.08. The maximum Gasteiger partial charge on any atom is 0.119 e. The zero-order chi connectivity index (χ0) is 12.1. The van der Waals surface area contributed by atoms with E-state index in [1.807, 2.05) is 30.3 Å². The first kappa shape index (κ1) is 12.2. The molecule has 2 heteroatoms. The Balaban J connectivity index is 2.00. The standard InChI is InChI=1S/C15H15BrO/c1-2-12-7-9-14(10-8-12)17-11-13-5-3-4-6-15(13)16/h3-10H,2,11H2,1H3. The van der Waals surface area contributed by atoms with Crippen LogP contribution >= 0.6 is 15.9 Å². The third kappa shape index (κ3) is 3.34. The number of halogens is 1. The van der Waals surface area contributed by atoms with Gasteiger partial charge in [0.25, 0.3) is 0 Å². The number of benzene rings is 2. The molecule has 0 saturated carbocycles. The van der Waals surface area contributed by atoms with Gasteiger partial charge in [0.1, 0.15) is 12.4 Å². The Labute approximate surface area is 111 Å². The van der Waals surface area contributed by atoms with Crippen LogP contribution in [0, 0.1) is 0 Å². The number of hydrogen-bond acceptors (Lipinski definition) is 1. The van der Waals surface area contributed by atoms with Crippen LogP contribution in [0.25, 0.3) is 0 Å². The van der Waals surface area contributed by atoms with Crippen LogP contribution in [-0.4, -0.2) is 0 Å². The fourth-order valence-electron chi connectivity index (χ4n) is 1.60. The summed E-state index contributed by atoms with van der Waals surface area (Å²) >= 11 is 3.51. The molecule has 0 aliphatic heterocycles. The lowest BCUT2D eigenvalue weighted by molar-refractivity contribution is 0.305. The maximum absolute atomic E-state index is 5.74. The third-order valence-electron chi connectivity index (χ3n) is 2.68. The van der Waals surface area contributed by atoms with Crippen molar-refractivity contribution in [3.05, 3.63) is 64.1 Å². The fourth-order valence-corrected chi connectivity index (χ4v) is 2.00. The Bertz CT molecular complexity index is 477. The molecule has 1 nitrogen and oxygen atoms in total. The maximum atomic E-state index is 5.74. The summed E-state index contributed by atoms with van der Waals surface area (Å²) in [6.07, 6.45) is 1.06. The molecule has 0 fully saturated rings. The largest absolute Gasteiger partial charge is 0.489 e. The molecule has 0 aromatic heterocycles. The molecule has 0 radical (unpaired) electrons. The number of aryl methyl sites for hydroxylation is 1. The van der Waals surface area contributed by atoms with Crippen molar-refractivity contribution in [1.29, 1.82) is 0 Å². The van der Waals surface area contributed by atoms with E-state index in [-0.39, 0.29) is 0 Å². The highest BCUT2D eigenvalue weighted by Crippen LogP contribution is 2.19. The first-order valence-corrected chi connectivity index (χ1v) is 6.54. The molecule has 17 heavy (non-hydrogen) atoms. The van der Waals surface area contributed by atoms with E-state index in [1.165, 1.54) is 5.56 Å². The molecule has 2 aromatic rings. The van der Waals surface area contributed by atoms with Crippen molar-refractivity contribution in [2.24, 2.45) is 0 Å². The topological polar surface area (TPSA) is 9.23 Å². The van der Waals surface area contributed by atoms with Gasteiger partial charge in [-0.1, -0.05) is 53.2 Å². The number of hydrogen-bond donors (Lipinski definition) is 0. The van der Waals surface area contributed by atoms with Gasteiger partial charge in [0.2, 0.25) is 0 Å². The smallest absolute Gasteiger partial charge is 0.119 e. The van der Waals surface area contributed by atoms with Crippen molar-refractivity contribution in [1.82, 2.24) is 0 Å². The summed E-state index contributed by atoms with van der Waals surface area (Å²) in [5, 5.41) is 0. The Morgan fingerprint density at radius 3 is 2.35 bits per heavy atom. The fraction of sp³-hybridized carbons (Fsp3) is 0.200. The molecule has 0 aliphatic carbocycles. The molecule has 0 atom stereocenters. The van der Waals surface area contributed by atoms with Crippen molar-refractivity contribution >= 4 is 15.9 Å². The molecule has 0 amide bonds. The summed E-state index contributed by atoms with van der Waals surface area (Å²) in [5.74, 6) is 0.915. The Hall–Kier alpha value is -1.28. The molecule has 0 N–H and O–H groups in total. The van der Waals surface area contributed by atoms with Crippen LogP contribution in [0.2, 0.25) is 0 Å². The van der Waals surface area contributed by atoms with Gasteiger partial charge in [-0.15, -0.1) is 0 Å². The lowest BCUT2D eigenvalue weighted by Crippen LogP contribution is -1.96. The van der Waals surface area contributed by atoms with Crippen LogP contribution in [0.1, 0.15) is 18.1 Å². The minimum Gasteiger partial charge on any atom is -0.489 e. The van der Waals surface area contributed by atoms with Crippen molar-refractivity contribution < 1.29 is 4.74 Å². The zero-order valence-electron chi connectivity index (χ0n) is 9.82. The van der Waals surface area contributed by atoms with Crippen molar-refractivity contribution in [2.45, 2.75) is 20.0 Å². The van der Waals surface area contributed by atoms with Gasteiger partial charge in [0.15, 0.2) is 0 Å². The van der Waals surface area contributed by atoms with Gasteiger partial charge >= 0.3 is 0 Å². The minimum absolute atomic E-state index is 0.590. The molecule has 0 saturated heterocycles. The van der Waals surface area contributed by atoms with Gasteiger partial charge < -0.3 is 4.74 Å². The average molecular weight is 291 g/mol. The molecule has 0 bridgehead atoms. The predicted octanol–water partition coefficient (Wildman–Crippen LogP) is 4.59. The first-order valence-electron chi connectivity index (χ1n) is 5.74. The SMILES string of the molecule is CCc1ccc(OCc2ccccc2Br)cc1. The number of rotatable bonds is 4. The third-order valence-corrected chi connectivity index (χ3v) is 3.46. The van der Waals surface area contributed by atoms with E-state index in [2.05, 4.69) is 41.1 Å². The normalized spacial score (nSPS) is 10.2. The second-order valence-electron chi connectivity index (χ2n) is 3.88. The highest BCUT2D eigenvalue weighted by molar-refractivity contribution is 9.10. The van der Waals surface area contributed by atoms with Crippen LogP contribution in [-0.2, 0) is 13.0 Å². The van der Waals surface area contributed by atoms with Crippen molar-refractivity contribution in [3.63, 3.8) is 0 Å². The summed E-state index contributed by atoms with van der Waals surface area (Å²) in [4.78, 5) is 0. The summed E-state index contributed by atoms with van der Waals surface area (Å²) < 4.78 is 6.83. The van der Waals surface area contributed by atoms with Gasteiger partial charge in [-0.05, 0) is 30.2 Å². The minimum atomic E-state index is 0.590. The lowest BCUT2D eigenvalue weighted by atomic mass is 10.2. The molecule has 0 aliphatic rings. The van der Waals surface area contributed by atoms with E-state index in [9.17, 15) is 0 Å². The van der Waals surface area contributed by atoms with Gasteiger partial charge in [0.05, 0.1) is 0 Å². The highest BCUT2D eigenvalue weighted by atomic mass is 79.9. The second kappa shape index (κ2) is 5.87. The van der Waals surface area contributed by atoms with Gasteiger partial charge in [-0.3, -0.25) is 0 Å².